The number of methoxy groups -OCH3 is 1. The van der Waals surface area contributed by atoms with Gasteiger partial charge in [-0.25, -0.2) is 23.7 Å². The number of nitrogens with one attached hydrogen (secondary N) is 1. The molecule has 3 heterocycles. The number of anilines is 1. The Kier molecular flexibility index (Phi) is 5.46. The van der Waals surface area contributed by atoms with Crippen LogP contribution in [0.3, 0.4) is 0 Å². The number of aromatic nitrogens is 4. The van der Waals surface area contributed by atoms with Crippen molar-refractivity contribution in [1.29, 1.82) is 0 Å². The van der Waals surface area contributed by atoms with Gasteiger partial charge in [-0.05, 0) is 19.1 Å². The number of esters is 1. The summed E-state index contributed by atoms with van der Waals surface area (Å²) < 4.78 is 25.1. The lowest BCUT2D eigenvalue weighted by Gasteiger charge is -2.19. The van der Waals surface area contributed by atoms with E-state index in [2.05, 4.69) is 20.4 Å². The van der Waals surface area contributed by atoms with Crippen LogP contribution in [0, 0.1) is 5.82 Å². The molecule has 10 heteroatoms. The first-order chi connectivity index (χ1) is 13.1. The summed E-state index contributed by atoms with van der Waals surface area (Å²) in [7, 11) is 1.40. The number of hydrogen-bond donors (Lipinski definition) is 2. The average molecular weight is 375 g/mol. The van der Waals surface area contributed by atoms with Crippen molar-refractivity contribution in [3.63, 3.8) is 0 Å². The minimum absolute atomic E-state index is 0.181. The van der Waals surface area contributed by atoms with Crippen LogP contribution >= 0.6 is 0 Å². The summed E-state index contributed by atoms with van der Waals surface area (Å²) in [5.41, 5.74) is 0.839. The van der Waals surface area contributed by atoms with Crippen molar-refractivity contribution in [2.45, 2.75) is 13.0 Å². The minimum Gasteiger partial charge on any atom is -0.481 e. The lowest BCUT2D eigenvalue weighted by atomic mass is 10.1. The van der Waals surface area contributed by atoms with Crippen LogP contribution in [0.25, 0.3) is 5.65 Å². The molecule has 0 aliphatic carbocycles. The molecule has 142 valence electrons. The van der Waals surface area contributed by atoms with Gasteiger partial charge in [0, 0.05) is 11.8 Å². The Morgan fingerprint density at radius 1 is 1.44 bits per heavy atom. The number of fused-ring (bicyclic) bond motifs is 1. The number of ether oxygens (including phenoxy) is 2. The summed E-state index contributed by atoms with van der Waals surface area (Å²) in [6, 6.07) is 2.10. The fourth-order valence-corrected chi connectivity index (χ4v) is 2.56. The Balaban J connectivity index is 1.94. The van der Waals surface area contributed by atoms with Crippen LogP contribution in [0.4, 0.5) is 10.2 Å². The number of aliphatic hydroxyl groups excluding tert-OH is 1. The molecule has 0 radical (unpaired) electrons. The van der Waals surface area contributed by atoms with Gasteiger partial charge >= 0.3 is 5.97 Å². The van der Waals surface area contributed by atoms with E-state index in [9.17, 15) is 14.3 Å². The second-order valence-electron chi connectivity index (χ2n) is 5.49. The van der Waals surface area contributed by atoms with Gasteiger partial charge in [0.2, 0.25) is 5.88 Å². The molecule has 1 unspecified atom stereocenters. The molecule has 0 fully saturated rings. The van der Waals surface area contributed by atoms with Gasteiger partial charge in [0.05, 0.1) is 38.8 Å². The molecule has 0 aliphatic rings. The molecule has 3 rings (SSSR count). The number of carbonyl (C=O) groups is 1. The van der Waals surface area contributed by atoms with Crippen LogP contribution in [-0.2, 0) is 4.74 Å². The summed E-state index contributed by atoms with van der Waals surface area (Å²) >= 11 is 0. The van der Waals surface area contributed by atoms with Crippen molar-refractivity contribution in [3.05, 3.63) is 47.7 Å². The van der Waals surface area contributed by atoms with Gasteiger partial charge in [0.15, 0.2) is 5.65 Å². The van der Waals surface area contributed by atoms with Crippen LogP contribution in [0.15, 0.2) is 30.7 Å². The van der Waals surface area contributed by atoms with Gasteiger partial charge < -0.3 is 19.9 Å². The molecule has 0 amide bonds. The van der Waals surface area contributed by atoms with Crippen molar-refractivity contribution >= 4 is 17.4 Å². The highest BCUT2D eigenvalue weighted by Gasteiger charge is 2.20. The topological polar surface area (TPSA) is 111 Å². The quantitative estimate of drug-likeness (QED) is 0.599. The summed E-state index contributed by atoms with van der Waals surface area (Å²) in [5, 5.41) is 16.8. The van der Waals surface area contributed by atoms with Gasteiger partial charge in [-0.2, -0.15) is 5.10 Å². The Morgan fingerprint density at radius 2 is 2.26 bits per heavy atom. The van der Waals surface area contributed by atoms with E-state index in [0.717, 1.165) is 6.20 Å². The molecule has 0 aliphatic heterocycles. The van der Waals surface area contributed by atoms with Gasteiger partial charge in [-0.1, -0.05) is 0 Å². The second kappa shape index (κ2) is 7.96. The molecule has 0 saturated carbocycles. The maximum Gasteiger partial charge on any atom is 0.343 e. The zero-order chi connectivity index (χ0) is 19.4. The van der Waals surface area contributed by atoms with E-state index < -0.39 is 17.8 Å². The van der Waals surface area contributed by atoms with E-state index in [1.54, 1.807) is 19.2 Å². The number of aliphatic hydroxyl groups is 1. The summed E-state index contributed by atoms with van der Waals surface area (Å²) in [6.45, 7) is 1.57. The van der Waals surface area contributed by atoms with E-state index in [4.69, 9.17) is 9.47 Å². The highest BCUT2D eigenvalue weighted by Crippen LogP contribution is 2.26. The number of halogens is 1. The summed E-state index contributed by atoms with van der Waals surface area (Å²) in [6.07, 6.45) is 4.00. The zero-order valence-corrected chi connectivity index (χ0v) is 14.7. The SMILES string of the molecule is CCOC(=O)c1cnn2ccc(NC(CO)c3cc(F)cnc3OC)nc12. The number of pyridine rings is 1. The monoisotopic (exact) mass is 375 g/mol. The van der Waals surface area contributed by atoms with Gasteiger partial charge in [0.1, 0.15) is 17.2 Å². The highest BCUT2D eigenvalue weighted by atomic mass is 19.1. The number of nitrogens with zero attached hydrogens (tertiary/aromatic N) is 4. The molecule has 1 atom stereocenters. The Bertz CT molecular complexity index is 962. The van der Waals surface area contributed by atoms with Crippen LogP contribution in [0.2, 0.25) is 0 Å². The molecule has 2 N–H and O–H groups in total. The Morgan fingerprint density at radius 3 is 2.96 bits per heavy atom. The normalized spacial score (nSPS) is 12.0. The van der Waals surface area contributed by atoms with Crippen molar-refractivity contribution < 1.29 is 23.8 Å². The van der Waals surface area contributed by atoms with Crippen molar-refractivity contribution in [2.24, 2.45) is 0 Å². The van der Waals surface area contributed by atoms with E-state index in [0.29, 0.717) is 17.0 Å². The fraction of sp³-hybridized carbons (Fsp3) is 0.294. The standard InChI is InChI=1S/C17H18FN5O4/c1-3-27-17(25)12-8-20-23-5-4-14(22-15(12)23)21-13(9-24)11-6-10(18)7-19-16(11)26-2/h4-8,13,24H,3,9H2,1-2H3,(H,21,22). The first kappa shape index (κ1) is 18.5. The molecule has 0 aromatic carbocycles. The molecular weight excluding hydrogens is 357 g/mol. The van der Waals surface area contributed by atoms with Crippen LogP contribution < -0.4 is 10.1 Å². The summed E-state index contributed by atoms with van der Waals surface area (Å²) in [5.74, 6) is -0.568. The third-order valence-electron chi connectivity index (χ3n) is 3.78. The lowest BCUT2D eigenvalue weighted by Crippen LogP contribution is -2.18. The Hall–Kier alpha value is -3.27. The predicted octanol–water partition coefficient (Wildman–Crippen LogP) is 1.59. The van der Waals surface area contributed by atoms with Crippen LogP contribution in [-0.4, -0.2) is 51.0 Å². The molecule has 27 heavy (non-hydrogen) atoms. The third kappa shape index (κ3) is 3.80. The van der Waals surface area contributed by atoms with Gasteiger partial charge in [-0.3, -0.25) is 0 Å². The second-order valence-corrected chi connectivity index (χ2v) is 5.49. The minimum atomic E-state index is -0.730. The number of carbonyl (C=O) groups excluding carboxylic acids is 1. The van der Waals surface area contributed by atoms with Crippen molar-refractivity contribution in [3.8, 4) is 5.88 Å². The lowest BCUT2D eigenvalue weighted by molar-refractivity contribution is 0.0528. The molecular formula is C17H18FN5O4. The first-order valence-electron chi connectivity index (χ1n) is 8.15. The van der Waals surface area contributed by atoms with E-state index in [1.807, 2.05) is 0 Å². The van der Waals surface area contributed by atoms with E-state index >= 15 is 0 Å². The molecule has 0 saturated heterocycles. The average Bonchev–Trinajstić information content (AvgIpc) is 3.09. The maximum atomic E-state index is 13.6. The largest absolute Gasteiger partial charge is 0.481 e. The molecule has 3 aromatic heterocycles. The molecule has 9 nitrogen and oxygen atoms in total. The maximum absolute atomic E-state index is 13.6. The molecule has 3 aromatic rings. The van der Waals surface area contributed by atoms with Gasteiger partial charge in [-0.15, -0.1) is 0 Å². The van der Waals surface area contributed by atoms with Gasteiger partial charge in [0.25, 0.3) is 0 Å². The number of hydrogen-bond acceptors (Lipinski definition) is 8. The van der Waals surface area contributed by atoms with Crippen LogP contribution in [0.5, 0.6) is 5.88 Å². The predicted molar refractivity (Wildman–Crippen MR) is 93.1 cm³/mol. The first-order valence-corrected chi connectivity index (χ1v) is 8.15. The highest BCUT2D eigenvalue weighted by molar-refractivity contribution is 5.95. The van der Waals surface area contributed by atoms with E-state index in [-0.39, 0.29) is 24.7 Å². The smallest absolute Gasteiger partial charge is 0.343 e. The third-order valence-corrected chi connectivity index (χ3v) is 3.78. The van der Waals surface area contributed by atoms with Crippen molar-refractivity contribution in [2.75, 3.05) is 25.6 Å². The van der Waals surface area contributed by atoms with E-state index in [1.165, 1.54) is 23.9 Å². The van der Waals surface area contributed by atoms with Crippen molar-refractivity contribution in [1.82, 2.24) is 19.6 Å². The molecule has 0 bridgehead atoms. The number of rotatable bonds is 7. The Labute approximate surface area is 153 Å². The zero-order valence-electron chi connectivity index (χ0n) is 14.7. The summed E-state index contributed by atoms with van der Waals surface area (Å²) in [4.78, 5) is 20.2. The molecule has 0 spiro atoms. The fourth-order valence-electron chi connectivity index (χ4n) is 2.56. The van der Waals surface area contributed by atoms with Crippen LogP contribution in [0.1, 0.15) is 28.9 Å².